The Labute approximate surface area is 211 Å². The molecular formula is C24H21N5O5S2. The number of nitrogens with two attached hydrogens (primary N) is 1. The van der Waals surface area contributed by atoms with Crippen LogP contribution in [0.4, 0.5) is 17.2 Å². The van der Waals surface area contributed by atoms with Crippen molar-refractivity contribution in [2.24, 2.45) is 0 Å². The van der Waals surface area contributed by atoms with Gasteiger partial charge in [0.05, 0.1) is 9.82 Å². The number of nitrogen functional groups attached to an aromatic ring is 1. The molecule has 184 valence electrons. The number of hydrogen-bond acceptors (Lipinski definition) is 9. The van der Waals surface area contributed by atoms with Crippen molar-refractivity contribution in [3.05, 3.63) is 106 Å². The van der Waals surface area contributed by atoms with E-state index >= 15 is 0 Å². The highest BCUT2D eigenvalue weighted by Gasteiger charge is 2.23. The van der Waals surface area contributed by atoms with Gasteiger partial charge in [-0.25, -0.2) is 13.4 Å². The molecule has 0 bridgehead atoms. The summed E-state index contributed by atoms with van der Waals surface area (Å²) in [7, 11) is -4.17. The van der Waals surface area contributed by atoms with Crippen LogP contribution in [0.5, 0.6) is 5.88 Å². The molecule has 12 heteroatoms. The second-order valence-corrected chi connectivity index (χ2v) is 10.1. The highest BCUT2D eigenvalue weighted by atomic mass is 32.2. The van der Waals surface area contributed by atoms with Crippen molar-refractivity contribution in [1.82, 2.24) is 9.97 Å². The molecule has 0 radical (unpaired) electrons. The maximum absolute atomic E-state index is 13.0. The number of benzene rings is 3. The van der Waals surface area contributed by atoms with Gasteiger partial charge in [-0.3, -0.25) is 14.8 Å². The number of nitrogens with one attached hydrogen (secondary N) is 1. The van der Waals surface area contributed by atoms with Gasteiger partial charge in [0.15, 0.2) is 16.7 Å². The lowest BCUT2D eigenvalue weighted by atomic mass is 10.2. The number of nitro benzene ring substituents is 1. The second-order valence-electron chi connectivity index (χ2n) is 7.48. The van der Waals surface area contributed by atoms with Crippen molar-refractivity contribution in [2.75, 3.05) is 10.5 Å². The number of anilines is 2. The molecule has 1 aromatic heterocycles. The Morgan fingerprint density at radius 1 is 0.917 bits per heavy atom. The molecule has 3 N–H and O–H groups in total. The maximum Gasteiger partial charge on any atom is 0.269 e. The van der Waals surface area contributed by atoms with Crippen LogP contribution in [0.1, 0.15) is 11.1 Å². The fourth-order valence-electron chi connectivity index (χ4n) is 3.09. The van der Waals surface area contributed by atoms with Gasteiger partial charge in [-0.1, -0.05) is 72.4 Å². The largest absolute Gasteiger partial charge is 0.471 e. The quantitative estimate of drug-likeness (QED) is 0.131. The Morgan fingerprint density at radius 2 is 1.53 bits per heavy atom. The predicted octanol–water partition coefficient (Wildman–Crippen LogP) is 4.64. The van der Waals surface area contributed by atoms with E-state index in [2.05, 4.69) is 14.7 Å². The maximum atomic E-state index is 13.0. The Morgan fingerprint density at radius 3 is 2.14 bits per heavy atom. The Balaban J connectivity index is 1.63. The first kappa shape index (κ1) is 24.9. The normalized spacial score (nSPS) is 11.1. The van der Waals surface area contributed by atoms with Crippen LogP contribution in [0.3, 0.4) is 0 Å². The molecule has 0 aliphatic heterocycles. The van der Waals surface area contributed by atoms with Crippen LogP contribution in [0.2, 0.25) is 0 Å². The summed E-state index contributed by atoms with van der Waals surface area (Å²) in [6.45, 7) is 0.117. The topological polar surface area (TPSA) is 150 Å². The molecule has 0 saturated carbocycles. The number of aromatic nitrogens is 2. The molecule has 0 aliphatic rings. The molecule has 0 aliphatic carbocycles. The number of ether oxygens (including phenoxy) is 1. The number of hydrogen-bond donors (Lipinski definition) is 2. The lowest BCUT2D eigenvalue weighted by Gasteiger charge is -2.15. The minimum Gasteiger partial charge on any atom is -0.471 e. The zero-order valence-electron chi connectivity index (χ0n) is 18.8. The van der Waals surface area contributed by atoms with E-state index in [1.807, 2.05) is 60.7 Å². The van der Waals surface area contributed by atoms with Crippen LogP contribution >= 0.6 is 11.8 Å². The molecule has 0 amide bonds. The molecule has 4 rings (SSSR count). The molecular weight excluding hydrogens is 502 g/mol. The minimum absolute atomic E-state index is 0.0348. The average molecular weight is 524 g/mol. The summed E-state index contributed by atoms with van der Waals surface area (Å²) >= 11 is 1.33. The molecule has 0 unspecified atom stereocenters. The molecule has 3 aromatic carbocycles. The summed E-state index contributed by atoms with van der Waals surface area (Å²) in [4.78, 5) is 18.8. The van der Waals surface area contributed by atoms with Crippen LogP contribution in [0.15, 0.2) is 95.0 Å². The van der Waals surface area contributed by atoms with Gasteiger partial charge in [0.2, 0.25) is 5.88 Å². The monoisotopic (exact) mass is 523 g/mol. The third-order valence-electron chi connectivity index (χ3n) is 4.91. The van der Waals surface area contributed by atoms with Crippen LogP contribution < -0.4 is 15.2 Å². The molecule has 0 saturated heterocycles. The van der Waals surface area contributed by atoms with E-state index < -0.39 is 14.9 Å². The summed E-state index contributed by atoms with van der Waals surface area (Å²) in [5.74, 6) is 0.424. The number of sulfonamides is 1. The zero-order valence-corrected chi connectivity index (χ0v) is 20.4. The summed E-state index contributed by atoms with van der Waals surface area (Å²) in [6.07, 6.45) is 0. The van der Waals surface area contributed by atoms with Crippen LogP contribution in [-0.4, -0.2) is 23.3 Å². The summed E-state index contributed by atoms with van der Waals surface area (Å²) in [6, 6.07) is 23.5. The van der Waals surface area contributed by atoms with Gasteiger partial charge in [-0.2, -0.15) is 4.98 Å². The highest BCUT2D eigenvalue weighted by Crippen LogP contribution is 2.34. The standard InChI is InChI=1S/C24H21N5O5S2/c25-22-21(28-36(32,33)20-13-11-19(12-14-20)29(30)31)23(34-15-17-7-3-1-4-8-17)27-24(26-22)35-16-18-9-5-2-6-10-18/h1-14,28H,15-16H2,(H2,25,26,27). The van der Waals surface area contributed by atoms with Crippen LogP contribution in [0.25, 0.3) is 0 Å². The number of rotatable bonds is 10. The number of nitro groups is 1. The van der Waals surface area contributed by atoms with E-state index in [-0.39, 0.29) is 34.6 Å². The molecule has 4 aromatic rings. The van der Waals surface area contributed by atoms with Gasteiger partial charge in [-0.15, -0.1) is 0 Å². The molecule has 0 spiro atoms. The van der Waals surface area contributed by atoms with Gasteiger partial charge < -0.3 is 10.5 Å². The van der Waals surface area contributed by atoms with E-state index in [0.29, 0.717) is 10.9 Å². The van der Waals surface area contributed by atoms with Gasteiger partial charge in [0.1, 0.15) is 6.61 Å². The second kappa shape index (κ2) is 11.1. The van der Waals surface area contributed by atoms with Crippen molar-refractivity contribution in [3.8, 4) is 5.88 Å². The first-order valence-electron chi connectivity index (χ1n) is 10.6. The van der Waals surface area contributed by atoms with Crippen molar-refractivity contribution in [3.63, 3.8) is 0 Å². The van der Waals surface area contributed by atoms with Gasteiger partial charge in [-0.05, 0) is 23.3 Å². The first-order valence-corrected chi connectivity index (χ1v) is 13.1. The van der Waals surface area contributed by atoms with Crippen molar-refractivity contribution < 1.29 is 18.1 Å². The molecule has 36 heavy (non-hydrogen) atoms. The third kappa shape index (κ3) is 6.29. The summed E-state index contributed by atoms with van der Waals surface area (Å²) in [5.41, 5.74) is 7.70. The molecule has 0 atom stereocenters. The van der Waals surface area contributed by atoms with E-state index in [0.717, 1.165) is 35.4 Å². The van der Waals surface area contributed by atoms with Crippen molar-refractivity contribution in [1.29, 1.82) is 0 Å². The minimum atomic E-state index is -4.17. The Kier molecular flexibility index (Phi) is 7.66. The fraction of sp³-hybridized carbons (Fsp3) is 0.0833. The van der Waals surface area contributed by atoms with Crippen molar-refractivity contribution in [2.45, 2.75) is 22.4 Å². The van der Waals surface area contributed by atoms with Crippen LogP contribution in [-0.2, 0) is 22.4 Å². The van der Waals surface area contributed by atoms with Gasteiger partial charge in [0.25, 0.3) is 15.7 Å². The average Bonchev–Trinajstić information content (AvgIpc) is 2.89. The SMILES string of the molecule is Nc1nc(SCc2ccccc2)nc(OCc2ccccc2)c1NS(=O)(=O)c1ccc([N+](=O)[O-])cc1. The van der Waals surface area contributed by atoms with E-state index in [1.54, 1.807) is 0 Å². The fourth-order valence-corrected chi connectivity index (χ4v) is 4.96. The predicted molar refractivity (Wildman–Crippen MR) is 137 cm³/mol. The van der Waals surface area contributed by atoms with Gasteiger partial charge in [0, 0.05) is 17.9 Å². The lowest BCUT2D eigenvalue weighted by Crippen LogP contribution is -2.17. The zero-order chi connectivity index (χ0) is 25.5. The number of nitrogens with zero attached hydrogens (tertiary/aromatic N) is 3. The van der Waals surface area contributed by atoms with Gasteiger partial charge >= 0.3 is 0 Å². The molecule has 10 nitrogen and oxygen atoms in total. The summed E-state index contributed by atoms with van der Waals surface area (Å²) in [5, 5.41) is 11.2. The molecule has 1 heterocycles. The highest BCUT2D eigenvalue weighted by molar-refractivity contribution is 7.98. The van der Waals surface area contributed by atoms with Crippen molar-refractivity contribution >= 4 is 39.0 Å². The van der Waals surface area contributed by atoms with E-state index in [9.17, 15) is 18.5 Å². The van der Waals surface area contributed by atoms with E-state index in [1.165, 1.54) is 11.8 Å². The Hall–Kier alpha value is -4.16. The lowest BCUT2D eigenvalue weighted by molar-refractivity contribution is -0.384. The summed E-state index contributed by atoms with van der Waals surface area (Å²) < 4.78 is 34.3. The number of non-ortho nitro benzene ring substituents is 1. The van der Waals surface area contributed by atoms with E-state index in [4.69, 9.17) is 10.5 Å². The first-order chi connectivity index (χ1) is 17.3. The smallest absolute Gasteiger partial charge is 0.269 e. The molecule has 0 fully saturated rings. The number of thioether (sulfide) groups is 1. The Bertz CT molecular complexity index is 1450. The third-order valence-corrected chi connectivity index (χ3v) is 7.19. The van der Waals surface area contributed by atoms with Crippen LogP contribution in [0, 0.1) is 10.1 Å².